The highest BCUT2D eigenvalue weighted by Crippen LogP contribution is 2.34. The number of amides is 1. The van der Waals surface area contributed by atoms with Crippen molar-refractivity contribution in [1.82, 2.24) is 14.8 Å². The van der Waals surface area contributed by atoms with E-state index in [-0.39, 0.29) is 5.92 Å². The molecule has 0 saturated carbocycles. The molecule has 2 aromatic heterocycles. The molecule has 0 saturated heterocycles. The van der Waals surface area contributed by atoms with Crippen molar-refractivity contribution in [2.24, 2.45) is 12.8 Å². The summed E-state index contributed by atoms with van der Waals surface area (Å²) >= 11 is 0. The van der Waals surface area contributed by atoms with Gasteiger partial charge in [0, 0.05) is 35.7 Å². The monoisotopic (exact) mass is 356 g/mol. The van der Waals surface area contributed by atoms with Gasteiger partial charge in [-0.3, -0.25) is 9.48 Å². The third kappa shape index (κ3) is 3.08. The standard InChI is InChI=1S/C22H20N4O/c1-14(16-7-3-4-9-18(16)22(23)27)19-11-21(15-12-24-26(2)13-15)25-20-10-6-5-8-17(19)20/h3-14H,1-2H3,(H2,23,27). The number of fused-ring (bicyclic) bond motifs is 1. The van der Waals surface area contributed by atoms with E-state index in [1.807, 2.05) is 55.8 Å². The second-order valence-corrected chi connectivity index (χ2v) is 6.69. The van der Waals surface area contributed by atoms with Crippen molar-refractivity contribution in [2.45, 2.75) is 12.8 Å². The molecule has 0 aliphatic rings. The average Bonchev–Trinajstić information content (AvgIpc) is 3.13. The summed E-state index contributed by atoms with van der Waals surface area (Å²) in [5, 5.41) is 5.33. The fourth-order valence-electron chi connectivity index (χ4n) is 3.53. The average molecular weight is 356 g/mol. The quantitative estimate of drug-likeness (QED) is 0.603. The summed E-state index contributed by atoms with van der Waals surface area (Å²) < 4.78 is 1.76. The molecule has 27 heavy (non-hydrogen) atoms. The number of hydrogen-bond acceptors (Lipinski definition) is 3. The first-order valence-electron chi connectivity index (χ1n) is 8.82. The van der Waals surface area contributed by atoms with Gasteiger partial charge in [-0.15, -0.1) is 0 Å². The second-order valence-electron chi connectivity index (χ2n) is 6.69. The van der Waals surface area contributed by atoms with Crippen LogP contribution in [0.4, 0.5) is 0 Å². The van der Waals surface area contributed by atoms with Crippen molar-refractivity contribution in [1.29, 1.82) is 0 Å². The van der Waals surface area contributed by atoms with Gasteiger partial charge in [-0.05, 0) is 29.3 Å². The summed E-state index contributed by atoms with van der Waals surface area (Å²) in [6, 6.07) is 17.6. The lowest BCUT2D eigenvalue weighted by Gasteiger charge is -2.18. The number of aromatic nitrogens is 3. The van der Waals surface area contributed by atoms with Gasteiger partial charge in [0.15, 0.2) is 0 Å². The third-order valence-electron chi connectivity index (χ3n) is 4.91. The molecule has 5 heteroatoms. The van der Waals surface area contributed by atoms with Gasteiger partial charge in [0.2, 0.25) is 5.91 Å². The molecule has 5 nitrogen and oxygen atoms in total. The van der Waals surface area contributed by atoms with Gasteiger partial charge in [0.1, 0.15) is 0 Å². The highest BCUT2D eigenvalue weighted by molar-refractivity contribution is 5.95. The zero-order chi connectivity index (χ0) is 19.0. The van der Waals surface area contributed by atoms with Crippen LogP contribution in [0.5, 0.6) is 0 Å². The van der Waals surface area contributed by atoms with Gasteiger partial charge in [0.05, 0.1) is 17.4 Å². The zero-order valence-corrected chi connectivity index (χ0v) is 15.3. The second kappa shape index (κ2) is 6.68. The van der Waals surface area contributed by atoms with Crippen LogP contribution < -0.4 is 5.73 Å². The maximum atomic E-state index is 11.9. The first-order chi connectivity index (χ1) is 13.0. The van der Waals surface area contributed by atoms with Crippen molar-refractivity contribution in [3.05, 3.63) is 83.7 Å². The Kier molecular flexibility index (Phi) is 4.20. The Morgan fingerprint density at radius 2 is 1.81 bits per heavy atom. The third-order valence-corrected chi connectivity index (χ3v) is 4.91. The number of para-hydroxylation sites is 1. The van der Waals surface area contributed by atoms with Gasteiger partial charge in [-0.1, -0.05) is 43.3 Å². The number of carbonyl (C=O) groups is 1. The van der Waals surface area contributed by atoms with E-state index in [4.69, 9.17) is 10.7 Å². The van der Waals surface area contributed by atoms with Crippen LogP contribution in [0.2, 0.25) is 0 Å². The molecular weight excluding hydrogens is 336 g/mol. The highest BCUT2D eigenvalue weighted by atomic mass is 16.1. The smallest absolute Gasteiger partial charge is 0.248 e. The molecule has 134 valence electrons. The number of aryl methyl sites for hydroxylation is 1. The molecule has 4 rings (SSSR count). The summed E-state index contributed by atoms with van der Waals surface area (Å²) in [4.78, 5) is 16.7. The largest absolute Gasteiger partial charge is 0.366 e. The van der Waals surface area contributed by atoms with Crippen molar-refractivity contribution in [2.75, 3.05) is 0 Å². The Morgan fingerprint density at radius 1 is 1.07 bits per heavy atom. The Balaban J connectivity index is 1.94. The van der Waals surface area contributed by atoms with E-state index in [1.165, 1.54) is 0 Å². The maximum Gasteiger partial charge on any atom is 0.248 e. The SMILES string of the molecule is CC(c1ccccc1C(N)=O)c1cc(-c2cnn(C)c2)nc2ccccc12. The Morgan fingerprint density at radius 3 is 2.56 bits per heavy atom. The van der Waals surface area contributed by atoms with E-state index in [0.29, 0.717) is 5.56 Å². The number of rotatable bonds is 4. The fourth-order valence-corrected chi connectivity index (χ4v) is 3.53. The summed E-state index contributed by atoms with van der Waals surface area (Å²) in [5.41, 5.74) is 10.9. The molecule has 2 N–H and O–H groups in total. The van der Waals surface area contributed by atoms with Crippen LogP contribution in [0.3, 0.4) is 0 Å². The number of primary amides is 1. The summed E-state index contributed by atoms with van der Waals surface area (Å²) in [5.74, 6) is -0.430. The van der Waals surface area contributed by atoms with E-state index in [1.54, 1.807) is 10.7 Å². The highest BCUT2D eigenvalue weighted by Gasteiger charge is 2.19. The molecule has 4 aromatic rings. The van der Waals surface area contributed by atoms with Crippen LogP contribution in [0, 0.1) is 0 Å². The Bertz CT molecular complexity index is 1150. The minimum absolute atomic E-state index is 0.0166. The van der Waals surface area contributed by atoms with Crippen LogP contribution in [0.1, 0.15) is 34.3 Å². The maximum absolute atomic E-state index is 11.9. The van der Waals surface area contributed by atoms with E-state index in [0.717, 1.165) is 33.3 Å². The lowest BCUT2D eigenvalue weighted by atomic mass is 9.87. The summed E-state index contributed by atoms with van der Waals surface area (Å²) in [7, 11) is 1.89. The molecule has 0 radical (unpaired) electrons. The van der Waals surface area contributed by atoms with Crippen molar-refractivity contribution in [3.8, 4) is 11.3 Å². The van der Waals surface area contributed by atoms with Crippen LogP contribution in [0.25, 0.3) is 22.2 Å². The lowest BCUT2D eigenvalue weighted by Crippen LogP contribution is -2.15. The molecule has 0 fully saturated rings. The van der Waals surface area contributed by atoms with Crippen molar-refractivity contribution < 1.29 is 4.79 Å². The van der Waals surface area contributed by atoms with Crippen molar-refractivity contribution in [3.63, 3.8) is 0 Å². The van der Waals surface area contributed by atoms with Crippen LogP contribution in [-0.2, 0) is 7.05 Å². The fraction of sp³-hybridized carbons (Fsp3) is 0.136. The molecular formula is C22H20N4O. The first-order valence-corrected chi connectivity index (χ1v) is 8.82. The summed E-state index contributed by atoms with van der Waals surface area (Å²) in [6.07, 6.45) is 3.76. The van der Waals surface area contributed by atoms with E-state index >= 15 is 0 Å². The first kappa shape index (κ1) is 17.0. The molecule has 2 aromatic carbocycles. The number of nitrogens with zero attached hydrogens (tertiary/aromatic N) is 3. The van der Waals surface area contributed by atoms with E-state index < -0.39 is 5.91 Å². The molecule has 0 aliphatic carbocycles. The number of hydrogen-bond donors (Lipinski definition) is 1. The van der Waals surface area contributed by atoms with Gasteiger partial charge >= 0.3 is 0 Å². The molecule has 0 bridgehead atoms. The van der Waals surface area contributed by atoms with Crippen molar-refractivity contribution >= 4 is 16.8 Å². The van der Waals surface area contributed by atoms with Gasteiger partial charge in [-0.25, -0.2) is 4.98 Å². The van der Waals surface area contributed by atoms with E-state index in [2.05, 4.69) is 24.2 Å². The number of benzene rings is 2. The lowest BCUT2D eigenvalue weighted by molar-refractivity contribution is 0.0999. The number of carbonyl (C=O) groups excluding carboxylic acids is 1. The number of pyridine rings is 1. The predicted molar refractivity (Wildman–Crippen MR) is 106 cm³/mol. The predicted octanol–water partition coefficient (Wildman–Crippen LogP) is 3.89. The Hall–Kier alpha value is -3.47. The number of nitrogens with two attached hydrogens (primary N) is 1. The molecule has 2 heterocycles. The van der Waals surface area contributed by atoms with Gasteiger partial charge in [-0.2, -0.15) is 5.10 Å². The minimum Gasteiger partial charge on any atom is -0.366 e. The van der Waals surface area contributed by atoms with E-state index in [9.17, 15) is 4.79 Å². The minimum atomic E-state index is -0.414. The zero-order valence-electron chi connectivity index (χ0n) is 15.3. The molecule has 0 spiro atoms. The summed E-state index contributed by atoms with van der Waals surface area (Å²) in [6.45, 7) is 2.09. The molecule has 1 atom stereocenters. The topological polar surface area (TPSA) is 73.8 Å². The van der Waals surface area contributed by atoms with Gasteiger partial charge in [0.25, 0.3) is 0 Å². The molecule has 1 amide bonds. The Labute approximate surface area is 157 Å². The van der Waals surface area contributed by atoms with Gasteiger partial charge < -0.3 is 5.73 Å². The molecule has 1 unspecified atom stereocenters. The normalized spacial score (nSPS) is 12.2. The van der Waals surface area contributed by atoms with Crippen LogP contribution in [0.15, 0.2) is 67.0 Å². The molecule has 0 aliphatic heterocycles. The van der Waals surface area contributed by atoms with Crippen LogP contribution in [-0.4, -0.2) is 20.7 Å². The van der Waals surface area contributed by atoms with Crippen LogP contribution >= 0.6 is 0 Å².